The van der Waals surface area contributed by atoms with Crippen molar-refractivity contribution in [1.82, 2.24) is 0 Å². The van der Waals surface area contributed by atoms with Crippen LogP contribution in [0.3, 0.4) is 0 Å². The number of carbonyl (C=O) groups excluding carboxylic acids is 2. The van der Waals surface area contributed by atoms with Crippen molar-refractivity contribution in [2.45, 2.75) is 12.5 Å². The van der Waals surface area contributed by atoms with Crippen LogP contribution in [0.25, 0.3) is 11.0 Å². The second-order valence-corrected chi connectivity index (χ2v) is 4.34. The molecule has 0 amide bonds. The number of esters is 2. The molecule has 0 unspecified atom stereocenters. The van der Waals surface area contributed by atoms with Gasteiger partial charge >= 0.3 is 17.6 Å². The van der Waals surface area contributed by atoms with Crippen molar-refractivity contribution < 1.29 is 23.5 Å². The maximum Gasteiger partial charge on any atom is 0.351 e. The first kappa shape index (κ1) is 12.4. The van der Waals surface area contributed by atoms with Crippen LogP contribution in [0, 0.1) is 0 Å². The highest BCUT2D eigenvalue weighted by Crippen LogP contribution is 2.15. The first-order chi connectivity index (χ1) is 9.65. The van der Waals surface area contributed by atoms with E-state index in [0.717, 1.165) is 0 Å². The van der Waals surface area contributed by atoms with E-state index in [1.807, 2.05) is 0 Å². The van der Waals surface area contributed by atoms with Gasteiger partial charge in [0.25, 0.3) is 0 Å². The molecule has 0 aliphatic carbocycles. The second kappa shape index (κ2) is 4.80. The molecule has 0 radical (unpaired) electrons. The summed E-state index contributed by atoms with van der Waals surface area (Å²) in [6.07, 6.45) is -0.655. The number of cyclic esters (lactones) is 1. The molecule has 1 aliphatic heterocycles. The fourth-order valence-electron chi connectivity index (χ4n) is 1.98. The van der Waals surface area contributed by atoms with Crippen LogP contribution in [0.5, 0.6) is 0 Å². The van der Waals surface area contributed by atoms with E-state index in [-0.39, 0.29) is 12.2 Å². The summed E-state index contributed by atoms with van der Waals surface area (Å²) in [4.78, 5) is 34.9. The summed E-state index contributed by atoms with van der Waals surface area (Å²) >= 11 is 0. The summed E-state index contributed by atoms with van der Waals surface area (Å²) in [6, 6.07) is 8.20. The van der Waals surface area contributed by atoms with E-state index in [0.29, 0.717) is 17.4 Å². The van der Waals surface area contributed by atoms with E-state index in [1.54, 1.807) is 24.3 Å². The van der Waals surface area contributed by atoms with Gasteiger partial charge in [0.2, 0.25) is 6.10 Å². The molecule has 6 nitrogen and oxygen atoms in total. The van der Waals surface area contributed by atoms with Gasteiger partial charge < -0.3 is 13.9 Å². The quantitative estimate of drug-likeness (QED) is 0.605. The SMILES string of the molecule is O=C(O[C@H]1CCOC1=O)c1cc2ccccc2oc1=O. The Balaban J connectivity index is 1.93. The van der Waals surface area contributed by atoms with E-state index < -0.39 is 23.7 Å². The minimum atomic E-state index is -0.951. The van der Waals surface area contributed by atoms with E-state index in [2.05, 4.69) is 4.74 Å². The van der Waals surface area contributed by atoms with Crippen LogP contribution in [0.15, 0.2) is 39.5 Å². The standard InChI is InChI=1S/C14H10O6/c15-12-9(7-8-3-1-2-4-10(8)19-12)13(16)20-11-5-6-18-14(11)17/h1-4,7,11H,5-6H2/t11-/m0/s1. The van der Waals surface area contributed by atoms with Crippen LogP contribution < -0.4 is 5.63 Å². The van der Waals surface area contributed by atoms with Crippen LogP contribution in [0.4, 0.5) is 0 Å². The molecule has 3 rings (SSSR count). The highest BCUT2D eigenvalue weighted by molar-refractivity contribution is 5.94. The zero-order valence-corrected chi connectivity index (χ0v) is 10.3. The lowest BCUT2D eigenvalue weighted by Gasteiger charge is -2.07. The highest BCUT2D eigenvalue weighted by Gasteiger charge is 2.31. The number of para-hydroxylation sites is 1. The van der Waals surface area contributed by atoms with Gasteiger partial charge in [-0.1, -0.05) is 18.2 Å². The molecule has 1 saturated heterocycles. The molecule has 1 aromatic carbocycles. The molecule has 1 fully saturated rings. The van der Waals surface area contributed by atoms with Gasteiger partial charge in [-0.05, 0) is 12.1 Å². The highest BCUT2D eigenvalue weighted by atomic mass is 16.6. The summed E-state index contributed by atoms with van der Waals surface area (Å²) in [5.41, 5.74) is -0.641. The van der Waals surface area contributed by atoms with E-state index in [9.17, 15) is 14.4 Å². The molecule has 0 N–H and O–H groups in total. The monoisotopic (exact) mass is 274 g/mol. The number of hydrogen-bond acceptors (Lipinski definition) is 6. The average Bonchev–Trinajstić information content (AvgIpc) is 2.83. The molecule has 1 aliphatic rings. The Morgan fingerprint density at radius 2 is 2.05 bits per heavy atom. The molecule has 0 saturated carbocycles. The van der Waals surface area contributed by atoms with Crippen LogP contribution in [0.1, 0.15) is 16.8 Å². The third-order valence-electron chi connectivity index (χ3n) is 3.00. The predicted molar refractivity (Wildman–Crippen MR) is 67.3 cm³/mol. The molecule has 0 spiro atoms. The molecule has 0 bridgehead atoms. The molecule has 1 atom stereocenters. The maximum atomic E-state index is 11.9. The Morgan fingerprint density at radius 3 is 2.80 bits per heavy atom. The largest absolute Gasteiger partial charge is 0.463 e. The molecule has 2 heterocycles. The molecule has 102 valence electrons. The van der Waals surface area contributed by atoms with Gasteiger partial charge in [-0.2, -0.15) is 0 Å². The molecule has 20 heavy (non-hydrogen) atoms. The maximum absolute atomic E-state index is 11.9. The van der Waals surface area contributed by atoms with Gasteiger partial charge in [-0.25, -0.2) is 14.4 Å². The summed E-state index contributed by atoms with van der Waals surface area (Å²) in [7, 11) is 0. The Morgan fingerprint density at radius 1 is 1.25 bits per heavy atom. The summed E-state index contributed by atoms with van der Waals surface area (Å²) in [6.45, 7) is 0.211. The third kappa shape index (κ3) is 2.16. The number of carbonyl (C=O) groups is 2. The fourth-order valence-corrected chi connectivity index (χ4v) is 1.98. The molecular formula is C14H10O6. The number of ether oxygens (including phenoxy) is 2. The van der Waals surface area contributed by atoms with Gasteiger partial charge in [-0.3, -0.25) is 0 Å². The molecule has 6 heteroatoms. The van der Waals surface area contributed by atoms with Gasteiger partial charge in [0.05, 0.1) is 6.61 Å². The normalized spacial score (nSPS) is 18.0. The fraction of sp³-hybridized carbons (Fsp3) is 0.214. The van der Waals surface area contributed by atoms with E-state index in [1.165, 1.54) is 6.07 Å². The lowest BCUT2D eigenvalue weighted by Crippen LogP contribution is -2.25. The van der Waals surface area contributed by atoms with Gasteiger partial charge in [-0.15, -0.1) is 0 Å². The second-order valence-electron chi connectivity index (χ2n) is 4.34. The average molecular weight is 274 g/mol. The van der Waals surface area contributed by atoms with Gasteiger partial charge in [0, 0.05) is 11.8 Å². The summed E-state index contributed by atoms with van der Waals surface area (Å²) in [5, 5.41) is 0.605. The van der Waals surface area contributed by atoms with E-state index >= 15 is 0 Å². The zero-order valence-electron chi connectivity index (χ0n) is 10.3. The Bertz CT molecular complexity index is 745. The molecule has 2 aromatic rings. The van der Waals surface area contributed by atoms with Crippen molar-refractivity contribution in [3.8, 4) is 0 Å². The van der Waals surface area contributed by atoms with Crippen LogP contribution in [0.2, 0.25) is 0 Å². The summed E-state index contributed by atoms with van der Waals surface area (Å²) < 4.78 is 14.7. The Hall–Kier alpha value is -2.63. The molecular weight excluding hydrogens is 264 g/mol. The van der Waals surface area contributed by atoms with Crippen molar-refractivity contribution in [3.05, 3.63) is 46.3 Å². The zero-order chi connectivity index (χ0) is 14.1. The number of benzene rings is 1. The molecule has 1 aromatic heterocycles. The predicted octanol–water partition coefficient (Wildman–Crippen LogP) is 1.27. The topological polar surface area (TPSA) is 82.8 Å². The van der Waals surface area contributed by atoms with E-state index in [4.69, 9.17) is 9.15 Å². The number of hydrogen-bond donors (Lipinski definition) is 0. The first-order valence-corrected chi connectivity index (χ1v) is 6.05. The van der Waals surface area contributed by atoms with Crippen LogP contribution >= 0.6 is 0 Å². The van der Waals surface area contributed by atoms with Crippen molar-refractivity contribution in [2.24, 2.45) is 0 Å². The minimum absolute atomic E-state index is 0.211. The summed E-state index contributed by atoms with van der Waals surface area (Å²) in [5.74, 6) is -1.48. The Labute approximate surface area is 112 Å². The van der Waals surface area contributed by atoms with Crippen molar-refractivity contribution in [1.29, 1.82) is 0 Å². The van der Waals surface area contributed by atoms with Crippen molar-refractivity contribution in [3.63, 3.8) is 0 Å². The van der Waals surface area contributed by atoms with Gasteiger partial charge in [0.15, 0.2) is 0 Å². The van der Waals surface area contributed by atoms with Gasteiger partial charge in [0.1, 0.15) is 11.1 Å². The third-order valence-corrected chi connectivity index (χ3v) is 3.00. The smallest absolute Gasteiger partial charge is 0.351 e. The Kier molecular flexibility index (Phi) is 2.98. The van der Waals surface area contributed by atoms with Crippen LogP contribution in [-0.2, 0) is 14.3 Å². The van der Waals surface area contributed by atoms with Crippen molar-refractivity contribution >= 4 is 22.9 Å². The number of fused-ring (bicyclic) bond motifs is 1. The lowest BCUT2D eigenvalue weighted by atomic mass is 10.2. The lowest BCUT2D eigenvalue weighted by molar-refractivity contribution is -0.145. The first-order valence-electron chi connectivity index (χ1n) is 6.05. The minimum Gasteiger partial charge on any atom is -0.463 e. The van der Waals surface area contributed by atoms with Crippen LogP contribution in [-0.4, -0.2) is 24.6 Å². The van der Waals surface area contributed by atoms with Crippen molar-refractivity contribution in [2.75, 3.05) is 6.61 Å². The number of rotatable bonds is 2.